The number of amides is 1. The average Bonchev–Trinajstić information content (AvgIpc) is 3.00. The number of hydrogen-bond donors (Lipinski definition) is 2. The minimum atomic E-state index is -0.808. The first-order valence-corrected chi connectivity index (χ1v) is 4.87. The molecule has 0 bridgehead atoms. The number of carbonyl (C=O) groups excluding carboxylic acids is 1. The molecule has 3 N–H and O–H groups in total. The first-order chi connectivity index (χ1) is 7.09. The summed E-state index contributed by atoms with van der Waals surface area (Å²) in [6, 6.07) is 3.99. The molecule has 1 fully saturated rings. The summed E-state index contributed by atoms with van der Waals surface area (Å²) in [6.45, 7) is 0. The minimum Gasteiger partial charge on any atom is -0.388 e. The predicted molar refractivity (Wildman–Crippen MR) is 52.6 cm³/mol. The van der Waals surface area contributed by atoms with Crippen LogP contribution in [-0.2, 0) is 0 Å². The zero-order valence-corrected chi connectivity index (χ0v) is 8.11. The molecule has 0 spiro atoms. The van der Waals surface area contributed by atoms with Gasteiger partial charge >= 0.3 is 0 Å². The molecule has 15 heavy (non-hydrogen) atoms. The summed E-state index contributed by atoms with van der Waals surface area (Å²) in [4.78, 5) is 10.9. The molecular weight excluding hydrogens is 197 g/mol. The molecule has 3 nitrogen and oxygen atoms in total. The summed E-state index contributed by atoms with van der Waals surface area (Å²) < 4.78 is 13.1. The van der Waals surface area contributed by atoms with Crippen LogP contribution in [0, 0.1) is 11.7 Å². The molecule has 0 aromatic heterocycles. The molecule has 80 valence electrons. The van der Waals surface area contributed by atoms with E-state index >= 15 is 0 Å². The van der Waals surface area contributed by atoms with Crippen molar-refractivity contribution in [2.75, 3.05) is 0 Å². The Morgan fingerprint density at radius 3 is 2.73 bits per heavy atom. The van der Waals surface area contributed by atoms with E-state index in [9.17, 15) is 14.3 Å². The van der Waals surface area contributed by atoms with E-state index in [4.69, 9.17) is 5.73 Å². The number of halogens is 1. The summed E-state index contributed by atoms with van der Waals surface area (Å²) >= 11 is 0. The van der Waals surface area contributed by atoms with Crippen LogP contribution < -0.4 is 5.73 Å². The Labute approximate surface area is 86.7 Å². The summed E-state index contributed by atoms with van der Waals surface area (Å²) in [7, 11) is 0. The second kappa shape index (κ2) is 3.62. The molecular formula is C11H12FNO2. The zero-order valence-electron chi connectivity index (χ0n) is 8.11. The monoisotopic (exact) mass is 209 g/mol. The smallest absolute Gasteiger partial charge is 0.251 e. The normalized spacial score (nSPS) is 17.5. The maximum Gasteiger partial charge on any atom is 0.251 e. The van der Waals surface area contributed by atoms with Gasteiger partial charge in [-0.2, -0.15) is 0 Å². The number of carbonyl (C=O) groups is 1. The third-order valence-corrected chi connectivity index (χ3v) is 2.67. The van der Waals surface area contributed by atoms with Crippen molar-refractivity contribution in [2.45, 2.75) is 18.9 Å². The molecule has 4 heteroatoms. The third kappa shape index (κ3) is 1.99. The molecule has 1 aliphatic carbocycles. The molecule has 1 atom stereocenters. The first-order valence-electron chi connectivity index (χ1n) is 4.87. The van der Waals surface area contributed by atoms with Gasteiger partial charge < -0.3 is 10.8 Å². The van der Waals surface area contributed by atoms with Crippen LogP contribution in [0.2, 0.25) is 0 Å². The Morgan fingerprint density at radius 2 is 2.20 bits per heavy atom. The standard InChI is InChI=1S/C11H12FNO2/c12-9-4-3-7(5-8(9)11(13)15)10(14)6-1-2-6/h3-6,10,14H,1-2H2,(H2,13,15). The number of rotatable bonds is 3. The highest BCUT2D eigenvalue weighted by molar-refractivity contribution is 5.93. The maximum atomic E-state index is 13.1. The van der Waals surface area contributed by atoms with E-state index < -0.39 is 17.8 Å². The van der Waals surface area contributed by atoms with Gasteiger partial charge in [0.05, 0.1) is 11.7 Å². The van der Waals surface area contributed by atoms with Crippen molar-refractivity contribution in [2.24, 2.45) is 11.7 Å². The molecule has 1 aromatic rings. The summed E-state index contributed by atoms with van der Waals surface area (Å²) in [5.74, 6) is -1.21. The number of benzene rings is 1. The third-order valence-electron chi connectivity index (χ3n) is 2.67. The lowest BCUT2D eigenvalue weighted by Gasteiger charge is -2.10. The van der Waals surface area contributed by atoms with Crippen LogP contribution in [-0.4, -0.2) is 11.0 Å². The van der Waals surface area contributed by atoms with E-state index in [-0.39, 0.29) is 11.5 Å². The Morgan fingerprint density at radius 1 is 1.53 bits per heavy atom. The van der Waals surface area contributed by atoms with Gasteiger partial charge in [-0.15, -0.1) is 0 Å². The van der Waals surface area contributed by atoms with Crippen LogP contribution in [0.15, 0.2) is 18.2 Å². The highest BCUT2D eigenvalue weighted by Crippen LogP contribution is 2.41. The van der Waals surface area contributed by atoms with E-state index in [1.807, 2.05) is 0 Å². The van der Waals surface area contributed by atoms with Gasteiger partial charge in [-0.1, -0.05) is 6.07 Å². The lowest BCUT2D eigenvalue weighted by atomic mass is 10.0. The predicted octanol–water partition coefficient (Wildman–Crippen LogP) is 1.37. The molecule has 0 saturated heterocycles. The Balaban J connectivity index is 2.32. The van der Waals surface area contributed by atoms with E-state index in [1.54, 1.807) is 0 Å². The number of hydrogen-bond acceptors (Lipinski definition) is 2. The van der Waals surface area contributed by atoms with Crippen LogP contribution in [0.5, 0.6) is 0 Å². The fraction of sp³-hybridized carbons (Fsp3) is 0.364. The SMILES string of the molecule is NC(=O)c1cc(C(O)C2CC2)ccc1F. The summed E-state index contributed by atoms with van der Waals surface area (Å²) in [6.07, 6.45) is 1.35. The maximum absolute atomic E-state index is 13.1. The molecule has 2 rings (SSSR count). The van der Waals surface area contributed by atoms with Gasteiger partial charge in [0.15, 0.2) is 0 Å². The van der Waals surface area contributed by atoms with Crippen molar-refractivity contribution in [1.82, 2.24) is 0 Å². The Bertz CT molecular complexity index is 402. The van der Waals surface area contributed by atoms with E-state index in [1.165, 1.54) is 18.2 Å². The van der Waals surface area contributed by atoms with Crippen LogP contribution in [0.3, 0.4) is 0 Å². The summed E-state index contributed by atoms with van der Waals surface area (Å²) in [5.41, 5.74) is 5.42. The number of nitrogens with two attached hydrogens (primary N) is 1. The van der Waals surface area contributed by atoms with Gasteiger partial charge in [-0.05, 0) is 36.5 Å². The number of aliphatic hydroxyl groups excluding tert-OH is 1. The van der Waals surface area contributed by atoms with Crippen LogP contribution in [0.25, 0.3) is 0 Å². The molecule has 1 aromatic carbocycles. The second-order valence-electron chi connectivity index (χ2n) is 3.89. The van der Waals surface area contributed by atoms with Crippen LogP contribution in [0.4, 0.5) is 4.39 Å². The molecule has 1 unspecified atom stereocenters. The largest absolute Gasteiger partial charge is 0.388 e. The number of primary amides is 1. The van der Waals surface area contributed by atoms with Crippen molar-refractivity contribution in [3.8, 4) is 0 Å². The first kappa shape index (κ1) is 10.1. The van der Waals surface area contributed by atoms with E-state index in [0.29, 0.717) is 5.56 Å². The average molecular weight is 209 g/mol. The van der Waals surface area contributed by atoms with Gasteiger partial charge in [-0.25, -0.2) is 4.39 Å². The van der Waals surface area contributed by atoms with Crippen molar-refractivity contribution >= 4 is 5.91 Å². The topological polar surface area (TPSA) is 63.3 Å². The molecule has 1 amide bonds. The second-order valence-corrected chi connectivity index (χ2v) is 3.89. The van der Waals surface area contributed by atoms with Crippen molar-refractivity contribution < 1.29 is 14.3 Å². The van der Waals surface area contributed by atoms with Crippen LogP contribution in [0.1, 0.15) is 34.9 Å². The fourth-order valence-electron chi connectivity index (χ4n) is 1.60. The van der Waals surface area contributed by atoms with Gasteiger partial charge in [-0.3, -0.25) is 4.79 Å². The van der Waals surface area contributed by atoms with Crippen molar-refractivity contribution in [1.29, 1.82) is 0 Å². The molecule has 1 aliphatic rings. The van der Waals surface area contributed by atoms with Crippen molar-refractivity contribution in [3.05, 3.63) is 35.1 Å². The van der Waals surface area contributed by atoms with Gasteiger partial charge in [0.1, 0.15) is 5.82 Å². The molecule has 0 radical (unpaired) electrons. The Kier molecular flexibility index (Phi) is 2.44. The van der Waals surface area contributed by atoms with E-state index in [2.05, 4.69) is 0 Å². The lowest BCUT2D eigenvalue weighted by molar-refractivity contribution is 0.0996. The lowest BCUT2D eigenvalue weighted by Crippen LogP contribution is -2.14. The highest BCUT2D eigenvalue weighted by Gasteiger charge is 2.31. The van der Waals surface area contributed by atoms with Gasteiger partial charge in [0.25, 0.3) is 5.91 Å². The zero-order chi connectivity index (χ0) is 11.0. The molecule has 1 saturated carbocycles. The van der Waals surface area contributed by atoms with Crippen molar-refractivity contribution in [3.63, 3.8) is 0 Å². The summed E-state index contributed by atoms with van der Waals surface area (Å²) in [5, 5.41) is 9.78. The molecule has 0 aliphatic heterocycles. The quantitative estimate of drug-likeness (QED) is 0.789. The molecule has 0 heterocycles. The number of aliphatic hydroxyl groups is 1. The van der Waals surface area contributed by atoms with Crippen LogP contribution >= 0.6 is 0 Å². The van der Waals surface area contributed by atoms with E-state index in [0.717, 1.165) is 12.8 Å². The van der Waals surface area contributed by atoms with Gasteiger partial charge in [0.2, 0.25) is 0 Å². The minimum absolute atomic E-state index is 0.160. The fourth-order valence-corrected chi connectivity index (χ4v) is 1.60. The Hall–Kier alpha value is -1.42. The highest BCUT2D eigenvalue weighted by atomic mass is 19.1. The van der Waals surface area contributed by atoms with Gasteiger partial charge in [0, 0.05) is 0 Å².